The first kappa shape index (κ1) is 10.7. The predicted molar refractivity (Wildman–Crippen MR) is 71.7 cm³/mol. The molecular formula is C15H12N3. The second kappa shape index (κ2) is 4.84. The highest BCUT2D eigenvalue weighted by atomic mass is 15.4. The Morgan fingerprint density at radius 3 is 2.94 bits per heavy atom. The third-order valence-corrected chi connectivity index (χ3v) is 2.79. The van der Waals surface area contributed by atoms with Crippen LogP contribution >= 0.6 is 0 Å². The fourth-order valence-electron chi connectivity index (χ4n) is 1.94. The Bertz CT molecular complexity index is 611. The summed E-state index contributed by atoms with van der Waals surface area (Å²) in [5.41, 5.74) is 7.14. The molecule has 0 atom stereocenters. The molecule has 0 fully saturated rings. The van der Waals surface area contributed by atoms with Gasteiger partial charge >= 0.3 is 0 Å². The van der Waals surface area contributed by atoms with Gasteiger partial charge in [0, 0.05) is 12.6 Å². The van der Waals surface area contributed by atoms with Gasteiger partial charge < -0.3 is 0 Å². The van der Waals surface area contributed by atoms with Crippen LogP contribution in [0.3, 0.4) is 0 Å². The highest BCUT2D eigenvalue weighted by Gasteiger charge is 2.09. The highest BCUT2D eigenvalue weighted by molar-refractivity contribution is 5.73. The van der Waals surface area contributed by atoms with E-state index in [0.717, 1.165) is 11.3 Å². The first-order valence-corrected chi connectivity index (χ1v) is 5.79. The molecule has 3 aliphatic rings. The van der Waals surface area contributed by atoms with Gasteiger partial charge in [-0.2, -0.15) is 0 Å². The lowest BCUT2D eigenvalue weighted by atomic mass is 10.1. The average molecular weight is 234 g/mol. The van der Waals surface area contributed by atoms with E-state index in [-0.39, 0.29) is 0 Å². The molecule has 0 bridgehead atoms. The molecule has 0 saturated heterocycles. The van der Waals surface area contributed by atoms with Crippen LogP contribution in [-0.2, 0) is 0 Å². The van der Waals surface area contributed by atoms with Crippen molar-refractivity contribution in [2.24, 2.45) is 10.3 Å². The number of hydrogen-bond donors (Lipinski definition) is 1. The van der Waals surface area contributed by atoms with E-state index in [2.05, 4.69) is 40.0 Å². The van der Waals surface area contributed by atoms with Crippen molar-refractivity contribution in [3.63, 3.8) is 0 Å². The van der Waals surface area contributed by atoms with Crippen LogP contribution in [0, 0.1) is 6.42 Å². The number of nitrogens with one attached hydrogen (secondary N) is 1. The van der Waals surface area contributed by atoms with Crippen LogP contribution in [0.2, 0.25) is 0 Å². The third kappa shape index (κ3) is 2.15. The van der Waals surface area contributed by atoms with E-state index in [1.807, 2.05) is 36.8 Å². The minimum absolute atomic E-state index is 0.829. The molecule has 0 aromatic heterocycles. The van der Waals surface area contributed by atoms with E-state index in [0.29, 0.717) is 0 Å². The maximum atomic E-state index is 4.08. The van der Waals surface area contributed by atoms with Crippen molar-refractivity contribution in [3.05, 3.63) is 78.5 Å². The number of hydrogen-bond acceptors (Lipinski definition) is 3. The molecule has 0 saturated carbocycles. The molecule has 18 heavy (non-hydrogen) atoms. The molecule has 0 spiro atoms. The standard InChI is InChI=1S/C15H12N3/c1-2-5-12-8-9-13(15(12)7-3-1)11-14-6-4-10-16-18-17-14/h1-11H,(H,16,17). The van der Waals surface area contributed by atoms with Gasteiger partial charge in [0.1, 0.15) is 0 Å². The molecule has 1 radical (unpaired) electrons. The molecule has 1 heterocycles. The van der Waals surface area contributed by atoms with Crippen LogP contribution in [0.1, 0.15) is 5.56 Å². The zero-order chi connectivity index (χ0) is 12.2. The number of rotatable bonds is 2. The van der Waals surface area contributed by atoms with Crippen LogP contribution in [0.15, 0.2) is 76.9 Å². The summed E-state index contributed by atoms with van der Waals surface area (Å²) in [7, 11) is 0. The van der Waals surface area contributed by atoms with Crippen molar-refractivity contribution < 1.29 is 0 Å². The zero-order valence-electron chi connectivity index (χ0n) is 9.75. The van der Waals surface area contributed by atoms with Gasteiger partial charge in [-0.3, -0.25) is 5.43 Å². The molecular weight excluding hydrogens is 222 g/mol. The summed E-state index contributed by atoms with van der Waals surface area (Å²) in [4.78, 5) is 0. The molecule has 1 N–H and O–H groups in total. The molecule has 1 aliphatic heterocycles. The number of allylic oxidation sites excluding steroid dienone is 3. The van der Waals surface area contributed by atoms with Crippen molar-refractivity contribution in [2.75, 3.05) is 0 Å². The zero-order valence-corrected chi connectivity index (χ0v) is 9.75. The van der Waals surface area contributed by atoms with Crippen molar-refractivity contribution in [2.45, 2.75) is 0 Å². The van der Waals surface area contributed by atoms with Crippen molar-refractivity contribution >= 4 is 0 Å². The lowest BCUT2D eigenvalue weighted by Crippen LogP contribution is -1.88. The number of nitrogens with zero attached hydrogens (tertiary/aromatic N) is 2. The van der Waals surface area contributed by atoms with E-state index < -0.39 is 0 Å². The van der Waals surface area contributed by atoms with E-state index in [1.165, 1.54) is 11.1 Å². The SMILES string of the molecule is [CH](C1=CC=CNN=N1)c1ccc2cccccc1-2. The van der Waals surface area contributed by atoms with Gasteiger partial charge in [0.25, 0.3) is 0 Å². The Hall–Kier alpha value is -2.42. The summed E-state index contributed by atoms with van der Waals surface area (Å²) in [5, 5.41) is 7.89. The molecule has 87 valence electrons. The van der Waals surface area contributed by atoms with E-state index in [4.69, 9.17) is 0 Å². The summed E-state index contributed by atoms with van der Waals surface area (Å²) in [5.74, 6) is 0. The molecule has 3 heteroatoms. The van der Waals surface area contributed by atoms with Crippen LogP contribution in [0.25, 0.3) is 11.1 Å². The van der Waals surface area contributed by atoms with Crippen molar-refractivity contribution in [1.82, 2.24) is 5.43 Å². The van der Waals surface area contributed by atoms with Gasteiger partial charge in [-0.15, -0.1) is 5.11 Å². The summed E-state index contributed by atoms with van der Waals surface area (Å²) >= 11 is 0. The molecule has 0 aromatic rings. The van der Waals surface area contributed by atoms with Gasteiger partial charge in [-0.1, -0.05) is 47.7 Å². The van der Waals surface area contributed by atoms with Gasteiger partial charge in [-0.05, 0) is 28.8 Å². The molecule has 3 nitrogen and oxygen atoms in total. The lowest BCUT2D eigenvalue weighted by molar-refractivity contribution is 0.863. The largest absolute Gasteiger partial charge is 0.267 e. The molecule has 0 amide bonds. The van der Waals surface area contributed by atoms with Crippen LogP contribution < -0.4 is 5.43 Å². The van der Waals surface area contributed by atoms with Crippen LogP contribution in [-0.4, -0.2) is 0 Å². The van der Waals surface area contributed by atoms with Crippen LogP contribution in [0.5, 0.6) is 0 Å². The van der Waals surface area contributed by atoms with E-state index >= 15 is 0 Å². The summed E-state index contributed by atoms with van der Waals surface area (Å²) in [6.45, 7) is 0. The average Bonchev–Trinajstić information content (AvgIpc) is 2.63. The maximum absolute atomic E-state index is 4.08. The first-order valence-electron chi connectivity index (χ1n) is 5.79. The van der Waals surface area contributed by atoms with Crippen molar-refractivity contribution in [1.29, 1.82) is 0 Å². The third-order valence-electron chi connectivity index (χ3n) is 2.79. The Kier molecular flexibility index (Phi) is 2.88. The Balaban J connectivity index is 1.93. The molecule has 2 aliphatic carbocycles. The summed E-state index contributed by atoms with van der Waals surface area (Å²) < 4.78 is 0. The second-order valence-corrected chi connectivity index (χ2v) is 3.99. The fraction of sp³-hybridized carbons (Fsp3) is 0. The summed E-state index contributed by atoms with van der Waals surface area (Å²) in [6, 6.07) is 14.6. The van der Waals surface area contributed by atoms with E-state index in [9.17, 15) is 0 Å². The molecule has 0 aromatic carbocycles. The maximum Gasteiger partial charge on any atom is 0.0733 e. The Morgan fingerprint density at radius 1 is 1.00 bits per heavy atom. The minimum Gasteiger partial charge on any atom is -0.267 e. The minimum atomic E-state index is 0.829. The van der Waals surface area contributed by atoms with E-state index in [1.54, 1.807) is 6.20 Å². The smallest absolute Gasteiger partial charge is 0.0733 e. The predicted octanol–water partition coefficient (Wildman–Crippen LogP) is 3.71. The van der Waals surface area contributed by atoms with Crippen molar-refractivity contribution in [3.8, 4) is 11.1 Å². The number of fused-ring (bicyclic) bond motifs is 1. The fourth-order valence-corrected chi connectivity index (χ4v) is 1.94. The topological polar surface area (TPSA) is 36.8 Å². The second-order valence-electron chi connectivity index (χ2n) is 3.99. The monoisotopic (exact) mass is 234 g/mol. The first-order chi connectivity index (χ1) is 8.93. The van der Waals surface area contributed by atoms with Gasteiger partial charge in [0.05, 0.1) is 5.70 Å². The molecule has 3 rings (SSSR count). The normalized spacial score (nSPS) is 14.1. The molecule has 0 unspecified atom stereocenters. The lowest BCUT2D eigenvalue weighted by Gasteiger charge is -2.00. The van der Waals surface area contributed by atoms with Gasteiger partial charge in [0.2, 0.25) is 0 Å². The quantitative estimate of drug-likeness (QED) is 0.844. The Morgan fingerprint density at radius 2 is 1.94 bits per heavy atom. The van der Waals surface area contributed by atoms with Gasteiger partial charge in [-0.25, -0.2) is 0 Å². The highest BCUT2D eigenvalue weighted by Crippen LogP contribution is 2.29. The Labute approximate surface area is 106 Å². The summed E-state index contributed by atoms with van der Waals surface area (Å²) in [6.07, 6.45) is 7.58. The van der Waals surface area contributed by atoms with Crippen LogP contribution in [0.4, 0.5) is 0 Å². The van der Waals surface area contributed by atoms with Gasteiger partial charge in [0.15, 0.2) is 0 Å².